The van der Waals surface area contributed by atoms with Crippen molar-refractivity contribution < 1.29 is 0 Å². The molecule has 0 bridgehead atoms. The predicted molar refractivity (Wildman–Crippen MR) is 46.2 cm³/mol. The number of hydrogen-bond acceptors (Lipinski definition) is 1. The summed E-state index contributed by atoms with van der Waals surface area (Å²) in [5, 5.41) is 2.39. The van der Waals surface area contributed by atoms with Gasteiger partial charge in [0.25, 0.3) is 0 Å². The van der Waals surface area contributed by atoms with Crippen molar-refractivity contribution in [2.45, 2.75) is 19.3 Å². The normalized spacial score (nSPS) is 18.7. The Morgan fingerprint density at radius 2 is 1.45 bits per heavy atom. The van der Waals surface area contributed by atoms with Crippen LogP contribution in [0.3, 0.4) is 0 Å². The van der Waals surface area contributed by atoms with Gasteiger partial charge in [-0.15, -0.1) is 0 Å². The fourth-order valence-electron chi connectivity index (χ4n) is 1.62. The van der Waals surface area contributed by atoms with Crippen molar-refractivity contribution >= 4 is 0 Å². The highest BCUT2D eigenvalue weighted by Gasteiger charge is 2.08. The van der Waals surface area contributed by atoms with Crippen molar-refractivity contribution in [1.29, 1.82) is 0 Å². The minimum Gasteiger partial charge on any atom is -0.313 e. The topological polar surface area (TPSA) is 8.17 Å². The highest BCUT2D eigenvalue weighted by atomic mass is 15.5. The van der Waals surface area contributed by atoms with Crippen molar-refractivity contribution in [3.63, 3.8) is 0 Å². The van der Waals surface area contributed by atoms with Crippen LogP contribution in [0, 0.1) is 0 Å². The van der Waals surface area contributed by atoms with Crippen LogP contribution in [0.4, 0.5) is 0 Å². The quantitative estimate of drug-likeness (QED) is 0.590. The lowest BCUT2D eigenvalue weighted by Gasteiger charge is -2.29. The second-order valence-corrected chi connectivity index (χ2v) is 3.08. The van der Waals surface area contributed by atoms with Gasteiger partial charge in [0.15, 0.2) is 0 Å². The summed E-state index contributed by atoms with van der Waals surface area (Å²) < 4.78 is 2.19. The fraction of sp³-hybridized carbons (Fsp3) is 0.556. The summed E-state index contributed by atoms with van der Waals surface area (Å²) in [6.07, 6.45) is 8.32. The number of rotatable bonds is 1. The molecule has 1 aromatic rings. The van der Waals surface area contributed by atoms with Crippen LogP contribution in [0.5, 0.6) is 0 Å². The van der Waals surface area contributed by atoms with Crippen molar-refractivity contribution in [2.75, 3.05) is 18.1 Å². The minimum atomic E-state index is 1.22. The van der Waals surface area contributed by atoms with E-state index in [2.05, 4.69) is 34.2 Å². The molecule has 11 heavy (non-hydrogen) atoms. The van der Waals surface area contributed by atoms with Gasteiger partial charge in [0, 0.05) is 25.5 Å². The van der Waals surface area contributed by atoms with Crippen LogP contribution in [0.2, 0.25) is 0 Å². The monoisotopic (exact) mass is 150 g/mol. The first-order valence-electron chi connectivity index (χ1n) is 4.35. The van der Waals surface area contributed by atoms with E-state index in [1.54, 1.807) is 0 Å². The molecule has 0 aliphatic carbocycles. The molecular weight excluding hydrogens is 136 g/mol. The van der Waals surface area contributed by atoms with Crippen LogP contribution in [0.15, 0.2) is 24.5 Å². The number of hydrogen-bond donors (Lipinski definition) is 0. The van der Waals surface area contributed by atoms with Gasteiger partial charge in [-0.3, -0.25) is 4.68 Å². The van der Waals surface area contributed by atoms with Gasteiger partial charge in [0.1, 0.15) is 0 Å². The van der Waals surface area contributed by atoms with Gasteiger partial charge >= 0.3 is 0 Å². The second kappa shape index (κ2) is 2.99. The minimum absolute atomic E-state index is 1.22. The molecule has 2 heterocycles. The zero-order chi connectivity index (χ0) is 7.52. The van der Waals surface area contributed by atoms with Gasteiger partial charge in [-0.05, 0) is 31.4 Å². The maximum absolute atomic E-state index is 2.39. The van der Waals surface area contributed by atoms with Gasteiger partial charge in [0.2, 0.25) is 0 Å². The Bertz CT molecular complexity index is 197. The Labute approximate surface area is 67.4 Å². The van der Waals surface area contributed by atoms with Crippen LogP contribution in [0.1, 0.15) is 19.3 Å². The van der Waals surface area contributed by atoms with Gasteiger partial charge in [-0.1, -0.05) is 0 Å². The van der Waals surface area contributed by atoms with E-state index < -0.39 is 0 Å². The molecule has 60 valence electrons. The Morgan fingerprint density at radius 3 is 2.09 bits per heavy atom. The summed E-state index contributed by atoms with van der Waals surface area (Å²) in [7, 11) is 0. The Hall–Kier alpha value is -0.920. The second-order valence-electron chi connectivity index (χ2n) is 3.08. The van der Waals surface area contributed by atoms with Crippen molar-refractivity contribution in [1.82, 2.24) is 4.68 Å². The van der Waals surface area contributed by atoms with Crippen LogP contribution in [-0.4, -0.2) is 17.8 Å². The van der Waals surface area contributed by atoms with Gasteiger partial charge < -0.3 is 5.01 Å². The van der Waals surface area contributed by atoms with Crippen molar-refractivity contribution in [3.05, 3.63) is 24.5 Å². The molecule has 0 saturated carbocycles. The first-order valence-corrected chi connectivity index (χ1v) is 4.35. The molecular formula is C9H14N2. The summed E-state index contributed by atoms with van der Waals surface area (Å²) in [5.41, 5.74) is 0. The van der Waals surface area contributed by atoms with Crippen molar-refractivity contribution in [2.24, 2.45) is 0 Å². The van der Waals surface area contributed by atoms with E-state index in [1.807, 2.05) is 0 Å². The number of nitrogens with zero attached hydrogens (tertiary/aromatic N) is 2. The van der Waals surface area contributed by atoms with E-state index in [4.69, 9.17) is 0 Å². The Balaban J connectivity index is 2.04. The van der Waals surface area contributed by atoms with Crippen LogP contribution in [-0.2, 0) is 0 Å². The van der Waals surface area contributed by atoms with Crippen LogP contribution >= 0.6 is 0 Å². The smallest absolute Gasteiger partial charge is 0.0344 e. The van der Waals surface area contributed by atoms with Gasteiger partial charge in [-0.2, -0.15) is 0 Å². The maximum Gasteiger partial charge on any atom is 0.0344 e. The molecule has 0 N–H and O–H groups in total. The number of aromatic nitrogens is 1. The van der Waals surface area contributed by atoms with E-state index >= 15 is 0 Å². The third-order valence-electron chi connectivity index (χ3n) is 2.25. The van der Waals surface area contributed by atoms with E-state index in [9.17, 15) is 0 Å². The molecule has 2 nitrogen and oxygen atoms in total. The summed E-state index contributed by atoms with van der Waals surface area (Å²) in [5.74, 6) is 0. The molecule has 1 aromatic heterocycles. The highest BCUT2D eigenvalue weighted by Crippen LogP contribution is 2.07. The zero-order valence-corrected chi connectivity index (χ0v) is 6.74. The molecule has 1 aliphatic heterocycles. The number of piperidine rings is 1. The molecule has 0 atom stereocenters. The lowest BCUT2D eigenvalue weighted by Crippen LogP contribution is -2.37. The fourth-order valence-corrected chi connectivity index (χ4v) is 1.62. The standard InChI is InChI=1S/C9H14N2/c1-2-6-10(7-3-1)11-8-4-5-9-11/h4-5,8-9H,1-3,6-7H2. The molecule has 0 unspecified atom stereocenters. The van der Waals surface area contributed by atoms with Crippen LogP contribution in [0.25, 0.3) is 0 Å². The van der Waals surface area contributed by atoms with Gasteiger partial charge in [-0.25, -0.2) is 0 Å². The average Bonchev–Trinajstić information content (AvgIpc) is 2.58. The highest BCUT2D eigenvalue weighted by molar-refractivity contribution is 4.98. The molecule has 0 aromatic carbocycles. The van der Waals surface area contributed by atoms with Gasteiger partial charge in [0.05, 0.1) is 0 Å². The van der Waals surface area contributed by atoms with Crippen molar-refractivity contribution in [3.8, 4) is 0 Å². The summed E-state index contributed by atoms with van der Waals surface area (Å²) >= 11 is 0. The SMILES string of the molecule is c1ccn(N2CCCCC2)c1. The summed E-state index contributed by atoms with van der Waals surface area (Å²) in [6.45, 7) is 2.43. The molecule has 2 rings (SSSR count). The summed E-state index contributed by atoms with van der Waals surface area (Å²) in [4.78, 5) is 0. The molecule has 0 radical (unpaired) electrons. The van der Waals surface area contributed by atoms with E-state index in [1.165, 1.54) is 32.4 Å². The Morgan fingerprint density at radius 1 is 0.818 bits per heavy atom. The largest absolute Gasteiger partial charge is 0.313 e. The third kappa shape index (κ3) is 1.39. The lowest BCUT2D eigenvalue weighted by atomic mass is 10.2. The molecule has 0 amide bonds. The molecule has 2 heteroatoms. The molecule has 1 aliphatic rings. The van der Waals surface area contributed by atoms with E-state index in [0.717, 1.165) is 0 Å². The summed E-state index contributed by atoms with van der Waals surface area (Å²) in [6, 6.07) is 4.16. The first-order chi connectivity index (χ1) is 5.47. The zero-order valence-electron chi connectivity index (χ0n) is 6.74. The molecule has 1 saturated heterocycles. The Kier molecular flexibility index (Phi) is 1.84. The third-order valence-corrected chi connectivity index (χ3v) is 2.25. The van der Waals surface area contributed by atoms with E-state index in [-0.39, 0.29) is 0 Å². The molecule has 0 spiro atoms. The first kappa shape index (κ1) is 6.77. The maximum atomic E-state index is 2.39. The lowest BCUT2D eigenvalue weighted by molar-refractivity contribution is 0.480. The predicted octanol–water partition coefficient (Wildman–Crippen LogP) is 1.61. The average molecular weight is 150 g/mol. The van der Waals surface area contributed by atoms with Crippen LogP contribution < -0.4 is 5.01 Å². The van der Waals surface area contributed by atoms with E-state index in [0.29, 0.717) is 0 Å². The molecule has 1 fully saturated rings.